The van der Waals surface area contributed by atoms with Crippen molar-refractivity contribution >= 4 is 40.8 Å². The summed E-state index contributed by atoms with van der Waals surface area (Å²) < 4.78 is 5.63. The number of benzene rings is 2. The number of allylic oxidation sites excluding steroid dienone is 2. The van der Waals surface area contributed by atoms with Crippen LogP contribution in [-0.4, -0.2) is 35.6 Å². The van der Waals surface area contributed by atoms with E-state index < -0.39 is 11.8 Å². The van der Waals surface area contributed by atoms with Crippen molar-refractivity contribution in [2.45, 2.75) is 38.5 Å². The summed E-state index contributed by atoms with van der Waals surface area (Å²) in [6.45, 7) is 4.27. The Morgan fingerprint density at radius 2 is 1.85 bits per heavy atom. The maximum absolute atomic E-state index is 13.6. The van der Waals surface area contributed by atoms with E-state index in [0.717, 1.165) is 28.3 Å². The van der Waals surface area contributed by atoms with Crippen molar-refractivity contribution in [1.29, 1.82) is 0 Å². The normalized spacial score (nSPS) is 22.6. The van der Waals surface area contributed by atoms with Gasteiger partial charge in [-0.1, -0.05) is 67.1 Å². The smallest absolute Gasteiger partial charge is 0.315 e. The number of ether oxygens (including phenoxy) is 1. The van der Waals surface area contributed by atoms with Crippen LogP contribution in [0.15, 0.2) is 70.9 Å². The SMILES string of the molecule is CCSCCOC(=O)C1C(C)=NC2=C(C(=O)C[C@@H](c3ccccc3)C2)[C@@H]1c1ccccc1Cl. The predicted molar refractivity (Wildman–Crippen MR) is 135 cm³/mol. The van der Waals surface area contributed by atoms with Gasteiger partial charge in [0.15, 0.2) is 5.78 Å². The summed E-state index contributed by atoms with van der Waals surface area (Å²) in [6.07, 6.45) is 1.06. The molecule has 0 radical (unpaired) electrons. The molecule has 1 heterocycles. The zero-order chi connectivity index (χ0) is 23.4. The molecule has 4 rings (SSSR count). The second kappa shape index (κ2) is 10.7. The number of hydrogen-bond acceptors (Lipinski definition) is 5. The highest BCUT2D eigenvalue weighted by Crippen LogP contribution is 2.48. The van der Waals surface area contributed by atoms with E-state index in [1.807, 2.05) is 43.3 Å². The topological polar surface area (TPSA) is 55.7 Å². The third-order valence-electron chi connectivity index (χ3n) is 6.33. The highest BCUT2D eigenvalue weighted by atomic mass is 35.5. The fraction of sp³-hybridized carbons (Fsp3) is 0.370. The zero-order valence-electron chi connectivity index (χ0n) is 18.9. The number of halogens is 1. The maximum atomic E-state index is 13.6. The Bertz CT molecular complexity index is 1100. The van der Waals surface area contributed by atoms with Gasteiger partial charge in [0.25, 0.3) is 0 Å². The summed E-state index contributed by atoms with van der Waals surface area (Å²) >= 11 is 8.32. The van der Waals surface area contributed by atoms with Crippen LogP contribution in [0.2, 0.25) is 5.02 Å². The van der Waals surface area contributed by atoms with E-state index in [9.17, 15) is 9.59 Å². The molecule has 172 valence electrons. The Hall–Kier alpha value is -2.37. The summed E-state index contributed by atoms with van der Waals surface area (Å²) in [4.78, 5) is 31.6. The zero-order valence-corrected chi connectivity index (χ0v) is 20.5. The standard InChI is InChI=1S/C27H28ClNO3S/c1-3-33-14-13-32-27(31)24-17(2)29-22-15-19(18-9-5-4-6-10-18)16-23(30)26(22)25(24)20-11-7-8-12-21(20)28/h4-12,19,24-25H,3,13-16H2,1-2H3/t19-,24?,25+/m0/s1. The number of carbonyl (C=O) groups is 2. The molecule has 1 unspecified atom stereocenters. The Morgan fingerprint density at radius 1 is 1.12 bits per heavy atom. The van der Waals surface area contributed by atoms with Crippen LogP contribution in [-0.2, 0) is 14.3 Å². The van der Waals surface area contributed by atoms with Crippen molar-refractivity contribution in [2.24, 2.45) is 10.9 Å². The number of hydrogen-bond donors (Lipinski definition) is 0. The molecule has 3 atom stereocenters. The van der Waals surface area contributed by atoms with Gasteiger partial charge in [-0.2, -0.15) is 11.8 Å². The van der Waals surface area contributed by atoms with Gasteiger partial charge in [-0.05, 0) is 42.2 Å². The molecule has 2 aromatic rings. The van der Waals surface area contributed by atoms with Gasteiger partial charge in [-0.25, -0.2) is 0 Å². The van der Waals surface area contributed by atoms with Crippen LogP contribution >= 0.6 is 23.4 Å². The molecule has 0 N–H and O–H groups in total. The summed E-state index contributed by atoms with van der Waals surface area (Å²) in [5, 5.41) is 0.543. The third kappa shape index (κ3) is 5.10. The number of Topliss-reactive ketones (excluding diaryl/α,β-unsaturated/α-hetero) is 1. The molecule has 0 fully saturated rings. The number of nitrogens with zero attached hydrogens (tertiary/aromatic N) is 1. The number of esters is 1. The van der Waals surface area contributed by atoms with E-state index in [1.54, 1.807) is 17.8 Å². The monoisotopic (exact) mass is 481 g/mol. The summed E-state index contributed by atoms with van der Waals surface area (Å²) in [5.41, 5.74) is 3.97. The van der Waals surface area contributed by atoms with Crippen molar-refractivity contribution < 1.29 is 14.3 Å². The number of ketones is 1. The Balaban J connectivity index is 1.72. The first-order valence-electron chi connectivity index (χ1n) is 11.4. The van der Waals surface area contributed by atoms with E-state index in [4.69, 9.17) is 21.3 Å². The highest BCUT2D eigenvalue weighted by Gasteiger charge is 2.45. The fourth-order valence-corrected chi connectivity index (χ4v) is 5.57. The number of aliphatic imine (C=N–C) groups is 1. The second-order valence-electron chi connectivity index (χ2n) is 8.39. The molecule has 2 aromatic carbocycles. The molecule has 0 aromatic heterocycles. The van der Waals surface area contributed by atoms with Gasteiger partial charge in [0.2, 0.25) is 0 Å². The van der Waals surface area contributed by atoms with Crippen molar-refractivity contribution in [3.8, 4) is 0 Å². The quantitative estimate of drug-likeness (QED) is 0.348. The molecule has 1 aliphatic carbocycles. The first kappa shape index (κ1) is 23.8. The molecule has 33 heavy (non-hydrogen) atoms. The molecule has 4 nitrogen and oxygen atoms in total. The van der Waals surface area contributed by atoms with Crippen LogP contribution in [0.3, 0.4) is 0 Å². The summed E-state index contributed by atoms with van der Waals surface area (Å²) in [6, 6.07) is 17.5. The van der Waals surface area contributed by atoms with Gasteiger partial charge < -0.3 is 4.74 Å². The van der Waals surface area contributed by atoms with E-state index in [2.05, 4.69) is 19.1 Å². The minimum atomic E-state index is -0.660. The average molecular weight is 482 g/mol. The van der Waals surface area contributed by atoms with Gasteiger partial charge in [0.05, 0.1) is 0 Å². The predicted octanol–water partition coefficient (Wildman–Crippen LogP) is 6.21. The lowest BCUT2D eigenvalue weighted by atomic mass is 9.69. The Kier molecular flexibility index (Phi) is 7.71. The largest absolute Gasteiger partial charge is 0.464 e. The Morgan fingerprint density at radius 3 is 2.58 bits per heavy atom. The minimum absolute atomic E-state index is 0.0330. The Labute approximate surface area is 204 Å². The number of rotatable bonds is 7. The van der Waals surface area contributed by atoms with Crippen LogP contribution in [0.25, 0.3) is 0 Å². The fourth-order valence-electron chi connectivity index (χ4n) is 4.82. The molecule has 0 saturated carbocycles. The molecule has 1 aliphatic heterocycles. The second-order valence-corrected chi connectivity index (χ2v) is 10.2. The first-order chi connectivity index (χ1) is 16.0. The average Bonchev–Trinajstić information content (AvgIpc) is 2.81. The van der Waals surface area contributed by atoms with Crippen molar-refractivity contribution in [1.82, 2.24) is 0 Å². The molecule has 0 saturated heterocycles. The van der Waals surface area contributed by atoms with Gasteiger partial charge in [-0.3, -0.25) is 14.6 Å². The van der Waals surface area contributed by atoms with Crippen LogP contribution in [0.4, 0.5) is 0 Å². The molecule has 0 amide bonds. The molecular weight excluding hydrogens is 454 g/mol. The number of thioether (sulfide) groups is 1. The first-order valence-corrected chi connectivity index (χ1v) is 12.9. The lowest BCUT2D eigenvalue weighted by Gasteiger charge is -2.36. The van der Waals surface area contributed by atoms with Crippen LogP contribution < -0.4 is 0 Å². The van der Waals surface area contributed by atoms with Gasteiger partial charge in [-0.15, -0.1) is 0 Å². The molecular formula is C27H28ClNO3S. The third-order valence-corrected chi connectivity index (χ3v) is 7.54. The number of carbonyl (C=O) groups excluding carboxylic acids is 2. The van der Waals surface area contributed by atoms with Gasteiger partial charge in [0, 0.05) is 40.1 Å². The van der Waals surface area contributed by atoms with Crippen molar-refractivity contribution in [3.05, 3.63) is 82.0 Å². The van der Waals surface area contributed by atoms with E-state index in [1.165, 1.54) is 0 Å². The minimum Gasteiger partial charge on any atom is -0.464 e. The maximum Gasteiger partial charge on any atom is 0.315 e. The van der Waals surface area contributed by atoms with Gasteiger partial charge in [0.1, 0.15) is 12.5 Å². The summed E-state index contributed by atoms with van der Waals surface area (Å²) in [7, 11) is 0. The van der Waals surface area contributed by atoms with E-state index >= 15 is 0 Å². The van der Waals surface area contributed by atoms with E-state index in [0.29, 0.717) is 35.8 Å². The molecule has 6 heteroatoms. The summed E-state index contributed by atoms with van der Waals surface area (Å²) in [5.74, 6) is 0.336. The van der Waals surface area contributed by atoms with E-state index in [-0.39, 0.29) is 17.7 Å². The lowest BCUT2D eigenvalue weighted by molar-refractivity contribution is -0.145. The molecule has 0 spiro atoms. The van der Waals surface area contributed by atoms with Crippen LogP contribution in [0.5, 0.6) is 0 Å². The highest BCUT2D eigenvalue weighted by molar-refractivity contribution is 7.99. The lowest BCUT2D eigenvalue weighted by Crippen LogP contribution is -2.38. The van der Waals surface area contributed by atoms with Crippen LogP contribution in [0.1, 0.15) is 49.7 Å². The van der Waals surface area contributed by atoms with Crippen LogP contribution in [0, 0.1) is 5.92 Å². The van der Waals surface area contributed by atoms with Crippen molar-refractivity contribution in [2.75, 3.05) is 18.1 Å². The van der Waals surface area contributed by atoms with Gasteiger partial charge >= 0.3 is 5.97 Å². The molecule has 2 aliphatic rings. The van der Waals surface area contributed by atoms with Crippen molar-refractivity contribution in [3.63, 3.8) is 0 Å². The molecule has 0 bridgehead atoms.